The average molecular weight is 670 g/mol. The zero-order chi connectivity index (χ0) is 35.1. The fourth-order valence-corrected chi connectivity index (χ4v) is 5.35. The number of carboxylic acid groups (broad SMARTS) is 2. The minimum atomic E-state index is -1.51. The molecule has 0 bridgehead atoms. The molecule has 0 saturated carbocycles. The van der Waals surface area contributed by atoms with Gasteiger partial charge in [-0.05, 0) is 43.4 Å². The van der Waals surface area contributed by atoms with Crippen LogP contribution >= 0.6 is 0 Å². The van der Waals surface area contributed by atoms with Crippen molar-refractivity contribution in [3.8, 4) is 0 Å². The first kappa shape index (κ1) is 38.1. The fourth-order valence-electron chi connectivity index (χ4n) is 5.35. The van der Waals surface area contributed by atoms with Crippen LogP contribution in [0.5, 0.6) is 0 Å². The molecule has 1 fully saturated rings. The summed E-state index contributed by atoms with van der Waals surface area (Å²) in [6.45, 7) is 4.23. The summed E-state index contributed by atoms with van der Waals surface area (Å²) < 4.78 is 17.7. The summed E-state index contributed by atoms with van der Waals surface area (Å²) in [6, 6.07) is 15.0. The highest BCUT2D eigenvalue weighted by Crippen LogP contribution is 2.25. The Bertz CT molecular complexity index is 1340. The lowest BCUT2D eigenvalue weighted by molar-refractivity contribution is -0.225. The highest BCUT2D eigenvalue weighted by Gasteiger charge is 2.36. The molecule has 262 valence electrons. The van der Waals surface area contributed by atoms with E-state index in [4.69, 9.17) is 14.2 Å². The van der Waals surface area contributed by atoms with Gasteiger partial charge in [-0.1, -0.05) is 74.5 Å². The Hall–Kier alpha value is -4.33. The molecule has 2 aromatic rings. The SMILES string of the molecule is CC(C)CO[C@@H]1CC[C@H](N(C)CC(=O)N[C@@H](CC(=O)O)C(=O)N[C@@H](Cc2ccccc2)C(=O)O)[C@@H](COC(=O)CCc2ccccc2)O1. The number of nitrogens with zero attached hydrogens (tertiary/aromatic N) is 1. The normalized spacial score (nSPS) is 18.9. The van der Waals surface area contributed by atoms with Crippen LogP contribution < -0.4 is 10.6 Å². The lowest BCUT2D eigenvalue weighted by Crippen LogP contribution is -2.56. The topological polar surface area (TPSA) is 181 Å². The van der Waals surface area contributed by atoms with Crippen molar-refractivity contribution in [3.05, 3.63) is 71.8 Å². The molecule has 13 heteroatoms. The Morgan fingerprint density at radius 2 is 1.56 bits per heavy atom. The van der Waals surface area contributed by atoms with E-state index in [0.29, 0.717) is 31.4 Å². The number of carbonyl (C=O) groups excluding carboxylic acids is 3. The molecule has 0 aliphatic carbocycles. The molecular weight excluding hydrogens is 622 g/mol. The number of nitrogens with one attached hydrogen (secondary N) is 2. The monoisotopic (exact) mass is 669 g/mol. The number of benzene rings is 2. The molecule has 1 aliphatic heterocycles. The minimum absolute atomic E-state index is 0.0276. The van der Waals surface area contributed by atoms with Crippen LogP contribution in [-0.4, -0.2) is 102 Å². The van der Waals surface area contributed by atoms with Gasteiger partial charge in [-0.15, -0.1) is 0 Å². The van der Waals surface area contributed by atoms with Crippen LogP contribution in [0.4, 0.5) is 0 Å². The summed E-state index contributed by atoms with van der Waals surface area (Å²) in [6.07, 6.45) is -0.112. The van der Waals surface area contributed by atoms with Crippen molar-refractivity contribution in [1.82, 2.24) is 15.5 Å². The third-order valence-corrected chi connectivity index (χ3v) is 7.83. The lowest BCUT2D eigenvalue weighted by Gasteiger charge is -2.40. The minimum Gasteiger partial charge on any atom is -0.481 e. The quantitative estimate of drug-likeness (QED) is 0.161. The highest BCUT2D eigenvalue weighted by molar-refractivity contribution is 5.93. The summed E-state index contributed by atoms with van der Waals surface area (Å²) in [5.41, 5.74) is 1.67. The van der Waals surface area contributed by atoms with Crippen LogP contribution in [-0.2, 0) is 51.0 Å². The molecule has 3 rings (SSSR count). The first-order valence-corrected chi connectivity index (χ1v) is 16.2. The van der Waals surface area contributed by atoms with Gasteiger partial charge in [-0.3, -0.25) is 24.1 Å². The van der Waals surface area contributed by atoms with Gasteiger partial charge in [-0.2, -0.15) is 0 Å². The van der Waals surface area contributed by atoms with E-state index in [1.807, 2.05) is 44.2 Å². The van der Waals surface area contributed by atoms with Gasteiger partial charge in [0.2, 0.25) is 11.8 Å². The number of amides is 2. The maximum absolute atomic E-state index is 13.1. The molecule has 0 spiro atoms. The molecule has 13 nitrogen and oxygen atoms in total. The van der Waals surface area contributed by atoms with Crippen molar-refractivity contribution < 1.29 is 48.4 Å². The third kappa shape index (κ3) is 13.4. The first-order chi connectivity index (χ1) is 22.9. The summed E-state index contributed by atoms with van der Waals surface area (Å²) in [7, 11) is 1.68. The number of hydrogen-bond acceptors (Lipinski definition) is 9. The fraction of sp³-hybridized carbons (Fsp3) is 0.514. The molecule has 4 N–H and O–H groups in total. The van der Waals surface area contributed by atoms with Crippen LogP contribution in [0.15, 0.2) is 60.7 Å². The number of likely N-dealkylation sites (N-methyl/N-ethyl adjacent to an activating group) is 1. The third-order valence-electron chi connectivity index (χ3n) is 7.83. The Kier molecular flexibility index (Phi) is 15.5. The zero-order valence-electron chi connectivity index (χ0n) is 27.7. The van der Waals surface area contributed by atoms with Gasteiger partial charge >= 0.3 is 17.9 Å². The van der Waals surface area contributed by atoms with Gasteiger partial charge in [-0.25, -0.2) is 4.79 Å². The van der Waals surface area contributed by atoms with E-state index in [9.17, 15) is 34.2 Å². The Morgan fingerprint density at radius 3 is 2.17 bits per heavy atom. The van der Waals surface area contributed by atoms with Gasteiger partial charge in [0.05, 0.1) is 19.6 Å². The molecule has 2 amide bonds. The number of hydrogen-bond donors (Lipinski definition) is 4. The van der Waals surface area contributed by atoms with Crippen LogP contribution in [0.3, 0.4) is 0 Å². The number of aryl methyl sites for hydroxylation is 1. The van der Waals surface area contributed by atoms with E-state index in [1.165, 1.54) is 0 Å². The van der Waals surface area contributed by atoms with E-state index in [1.54, 1.807) is 42.3 Å². The summed E-state index contributed by atoms with van der Waals surface area (Å²) in [5.74, 6) is -4.32. The van der Waals surface area contributed by atoms with Crippen LogP contribution in [0.25, 0.3) is 0 Å². The Balaban J connectivity index is 1.62. The molecule has 0 aromatic heterocycles. The van der Waals surface area contributed by atoms with Crippen molar-refractivity contribution in [2.75, 3.05) is 26.8 Å². The van der Waals surface area contributed by atoms with Crippen molar-refractivity contribution in [3.63, 3.8) is 0 Å². The molecule has 1 saturated heterocycles. The molecule has 0 unspecified atom stereocenters. The smallest absolute Gasteiger partial charge is 0.326 e. The van der Waals surface area contributed by atoms with E-state index < -0.39 is 54.7 Å². The van der Waals surface area contributed by atoms with E-state index in [0.717, 1.165) is 5.56 Å². The molecule has 1 aliphatic rings. The van der Waals surface area contributed by atoms with Crippen LogP contribution in [0, 0.1) is 5.92 Å². The average Bonchev–Trinajstić information content (AvgIpc) is 3.05. The second kappa shape index (κ2) is 19.5. The van der Waals surface area contributed by atoms with E-state index >= 15 is 0 Å². The molecule has 5 atom stereocenters. The molecule has 0 radical (unpaired) electrons. The Labute approximate surface area is 280 Å². The second-order valence-corrected chi connectivity index (χ2v) is 12.4. The predicted octanol–water partition coefficient (Wildman–Crippen LogP) is 2.41. The lowest BCUT2D eigenvalue weighted by atomic mass is 10.0. The predicted molar refractivity (Wildman–Crippen MR) is 175 cm³/mol. The molecule has 1 heterocycles. The number of aliphatic carboxylic acids is 2. The molecule has 48 heavy (non-hydrogen) atoms. The molecule has 2 aromatic carbocycles. The van der Waals surface area contributed by atoms with Gasteiger partial charge in [0.25, 0.3) is 0 Å². The number of carbonyl (C=O) groups is 5. The number of ether oxygens (including phenoxy) is 3. The van der Waals surface area contributed by atoms with Gasteiger partial charge in [0, 0.05) is 18.9 Å². The zero-order valence-corrected chi connectivity index (χ0v) is 27.7. The van der Waals surface area contributed by atoms with Crippen molar-refractivity contribution in [2.45, 2.75) is 82.9 Å². The Morgan fingerprint density at radius 1 is 0.917 bits per heavy atom. The standard InChI is InChI=1S/C35H47N3O10/c1-23(2)21-47-33-17-15-28(29(48-33)22-46-32(42)16-14-24-10-6-4-7-11-24)38(3)20-30(39)36-26(19-31(40)41)34(43)37-27(35(44)45)18-25-12-8-5-9-13-25/h4-13,23,26-29,33H,14-22H2,1-3H3,(H,36,39)(H,37,43)(H,40,41)(H,44,45)/t26-,27-,28-,29+,33-/m0/s1. The van der Waals surface area contributed by atoms with Gasteiger partial charge < -0.3 is 35.1 Å². The molecular formula is C35H47N3O10. The highest BCUT2D eigenvalue weighted by atomic mass is 16.7. The summed E-state index contributed by atoms with van der Waals surface area (Å²) in [5, 5.41) is 23.9. The van der Waals surface area contributed by atoms with Crippen LogP contribution in [0.1, 0.15) is 50.7 Å². The van der Waals surface area contributed by atoms with Crippen molar-refractivity contribution >= 4 is 29.7 Å². The van der Waals surface area contributed by atoms with Crippen LogP contribution in [0.2, 0.25) is 0 Å². The number of esters is 1. The van der Waals surface area contributed by atoms with Gasteiger partial charge in [0.1, 0.15) is 24.8 Å². The van der Waals surface area contributed by atoms with Crippen molar-refractivity contribution in [2.24, 2.45) is 5.92 Å². The largest absolute Gasteiger partial charge is 0.481 e. The maximum atomic E-state index is 13.1. The maximum Gasteiger partial charge on any atom is 0.326 e. The summed E-state index contributed by atoms with van der Waals surface area (Å²) >= 11 is 0. The van der Waals surface area contributed by atoms with E-state index in [-0.39, 0.29) is 43.9 Å². The number of carboxylic acids is 2. The number of rotatable bonds is 19. The summed E-state index contributed by atoms with van der Waals surface area (Å²) in [4.78, 5) is 63.9. The first-order valence-electron chi connectivity index (χ1n) is 16.2. The second-order valence-electron chi connectivity index (χ2n) is 12.4. The van der Waals surface area contributed by atoms with Gasteiger partial charge in [0.15, 0.2) is 6.29 Å². The van der Waals surface area contributed by atoms with Crippen molar-refractivity contribution in [1.29, 1.82) is 0 Å². The van der Waals surface area contributed by atoms with E-state index in [2.05, 4.69) is 10.6 Å².